The highest BCUT2D eigenvalue weighted by Crippen LogP contribution is 2.29. The van der Waals surface area contributed by atoms with E-state index in [0.29, 0.717) is 12.1 Å². The van der Waals surface area contributed by atoms with Gasteiger partial charge in [-0.2, -0.15) is 8.42 Å². The Hall–Kier alpha value is -2.26. The standard InChI is InChI=1S/C12H6ClF2NO5S/c13-7-1-4-11(16(17)18)12(5-7)22(19,20)21-8-2-3-9(14)10(15)6-8/h1-6H. The molecule has 0 N–H and O–H groups in total. The average molecular weight is 350 g/mol. The first-order chi connectivity index (χ1) is 10.2. The van der Waals surface area contributed by atoms with E-state index >= 15 is 0 Å². The van der Waals surface area contributed by atoms with Crippen LogP contribution in [0, 0.1) is 21.7 Å². The largest absolute Gasteiger partial charge is 0.379 e. The van der Waals surface area contributed by atoms with Gasteiger partial charge in [0.1, 0.15) is 5.75 Å². The number of nitro groups is 1. The minimum Gasteiger partial charge on any atom is -0.379 e. The van der Waals surface area contributed by atoms with E-state index in [-0.39, 0.29) is 5.02 Å². The number of hydrogen-bond acceptors (Lipinski definition) is 5. The van der Waals surface area contributed by atoms with Gasteiger partial charge in [-0.1, -0.05) is 11.6 Å². The van der Waals surface area contributed by atoms with Crippen molar-refractivity contribution >= 4 is 27.4 Å². The molecule has 0 aliphatic carbocycles. The molecule has 10 heteroatoms. The summed E-state index contributed by atoms with van der Waals surface area (Å²) in [6, 6.07) is 4.89. The quantitative estimate of drug-likeness (QED) is 0.480. The first-order valence-corrected chi connectivity index (χ1v) is 7.33. The van der Waals surface area contributed by atoms with Crippen LogP contribution in [0.4, 0.5) is 14.5 Å². The predicted molar refractivity (Wildman–Crippen MR) is 72.3 cm³/mol. The summed E-state index contributed by atoms with van der Waals surface area (Å²) in [6.45, 7) is 0. The van der Waals surface area contributed by atoms with Gasteiger partial charge in [-0.3, -0.25) is 10.1 Å². The Labute approximate surface area is 128 Å². The first kappa shape index (κ1) is 16.1. The van der Waals surface area contributed by atoms with Gasteiger partial charge >= 0.3 is 10.1 Å². The van der Waals surface area contributed by atoms with Crippen LogP contribution in [0.3, 0.4) is 0 Å². The molecule has 0 spiro atoms. The van der Waals surface area contributed by atoms with Gasteiger partial charge in [-0.15, -0.1) is 0 Å². The Morgan fingerprint density at radius 2 is 1.77 bits per heavy atom. The van der Waals surface area contributed by atoms with Crippen LogP contribution in [0.25, 0.3) is 0 Å². The van der Waals surface area contributed by atoms with Crippen molar-refractivity contribution in [2.24, 2.45) is 0 Å². The summed E-state index contributed by atoms with van der Waals surface area (Å²) in [6.07, 6.45) is 0. The van der Waals surface area contributed by atoms with Crippen LogP contribution in [0.2, 0.25) is 5.02 Å². The highest BCUT2D eigenvalue weighted by molar-refractivity contribution is 7.87. The van der Waals surface area contributed by atoms with Crippen molar-refractivity contribution in [3.05, 3.63) is 63.2 Å². The van der Waals surface area contributed by atoms with E-state index in [1.165, 1.54) is 0 Å². The third-order valence-corrected chi connectivity index (χ3v) is 4.00. The molecule has 2 aromatic rings. The molecule has 0 aromatic heterocycles. The third-order valence-electron chi connectivity index (χ3n) is 2.48. The number of halogens is 3. The zero-order valence-corrected chi connectivity index (χ0v) is 12.1. The summed E-state index contributed by atoms with van der Waals surface area (Å²) in [5.41, 5.74) is -0.757. The second-order valence-electron chi connectivity index (χ2n) is 3.98. The van der Waals surface area contributed by atoms with Crippen molar-refractivity contribution < 1.29 is 26.3 Å². The zero-order valence-electron chi connectivity index (χ0n) is 10.5. The smallest absolute Gasteiger partial charge is 0.346 e. The van der Waals surface area contributed by atoms with E-state index in [9.17, 15) is 27.3 Å². The summed E-state index contributed by atoms with van der Waals surface area (Å²) in [7, 11) is -4.66. The molecule has 0 saturated carbocycles. The summed E-state index contributed by atoms with van der Waals surface area (Å²) in [5.74, 6) is -3.06. The van der Waals surface area contributed by atoms with Crippen molar-refractivity contribution in [3.8, 4) is 5.75 Å². The Bertz CT molecular complexity index is 857. The second-order valence-corrected chi connectivity index (χ2v) is 5.93. The number of nitro benzene ring substituents is 1. The summed E-state index contributed by atoms with van der Waals surface area (Å²) < 4.78 is 54.6. The maximum Gasteiger partial charge on any atom is 0.346 e. The van der Waals surface area contributed by atoms with Gasteiger partial charge in [0.25, 0.3) is 5.69 Å². The normalized spacial score (nSPS) is 11.2. The van der Waals surface area contributed by atoms with Crippen molar-refractivity contribution in [2.75, 3.05) is 0 Å². The molecule has 2 aromatic carbocycles. The van der Waals surface area contributed by atoms with Crippen LogP contribution in [0.5, 0.6) is 5.75 Å². The minimum absolute atomic E-state index is 0.0712. The van der Waals surface area contributed by atoms with Crippen molar-refractivity contribution in [1.29, 1.82) is 0 Å². The van der Waals surface area contributed by atoms with E-state index in [4.69, 9.17) is 11.6 Å². The lowest BCUT2D eigenvalue weighted by molar-refractivity contribution is -0.387. The fraction of sp³-hybridized carbons (Fsp3) is 0. The van der Waals surface area contributed by atoms with Gasteiger partial charge in [0, 0.05) is 17.2 Å². The summed E-state index contributed by atoms with van der Waals surface area (Å²) in [4.78, 5) is 9.13. The highest BCUT2D eigenvalue weighted by Gasteiger charge is 2.28. The lowest BCUT2D eigenvalue weighted by Gasteiger charge is -2.08. The molecular formula is C12H6ClF2NO5S. The summed E-state index contributed by atoms with van der Waals surface area (Å²) in [5, 5.41) is 10.8. The molecule has 0 radical (unpaired) electrons. The molecule has 0 unspecified atom stereocenters. The van der Waals surface area contributed by atoms with Gasteiger partial charge < -0.3 is 4.18 Å². The second kappa shape index (κ2) is 5.85. The molecule has 0 atom stereocenters. The van der Waals surface area contributed by atoms with Crippen molar-refractivity contribution in [3.63, 3.8) is 0 Å². The minimum atomic E-state index is -4.66. The first-order valence-electron chi connectivity index (χ1n) is 5.54. The molecule has 0 fully saturated rings. The number of rotatable bonds is 4. The topological polar surface area (TPSA) is 86.5 Å². The van der Waals surface area contributed by atoms with Crippen LogP contribution in [0.1, 0.15) is 0 Å². The van der Waals surface area contributed by atoms with E-state index in [0.717, 1.165) is 24.3 Å². The van der Waals surface area contributed by atoms with Crippen LogP contribution < -0.4 is 4.18 Å². The van der Waals surface area contributed by atoms with Crippen LogP contribution >= 0.6 is 11.6 Å². The highest BCUT2D eigenvalue weighted by atomic mass is 35.5. The molecule has 22 heavy (non-hydrogen) atoms. The van der Waals surface area contributed by atoms with Crippen LogP contribution in [-0.4, -0.2) is 13.3 Å². The predicted octanol–water partition coefficient (Wildman–Crippen LogP) is 3.29. The Morgan fingerprint density at radius 1 is 1.09 bits per heavy atom. The lowest BCUT2D eigenvalue weighted by Crippen LogP contribution is -2.12. The van der Waals surface area contributed by atoms with Crippen LogP contribution in [-0.2, 0) is 10.1 Å². The van der Waals surface area contributed by atoms with E-state index in [2.05, 4.69) is 4.18 Å². The molecule has 0 bridgehead atoms. The lowest BCUT2D eigenvalue weighted by atomic mass is 10.3. The molecule has 2 rings (SSSR count). The summed E-state index contributed by atoms with van der Waals surface area (Å²) >= 11 is 5.62. The number of nitrogens with zero attached hydrogens (tertiary/aromatic N) is 1. The fourth-order valence-corrected chi connectivity index (χ4v) is 2.89. The molecule has 0 aliphatic rings. The molecular weight excluding hydrogens is 344 g/mol. The van der Waals surface area contributed by atoms with E-state index in [1.54, 1.807) is 0 Å². The van der Waals surface area contributed by atoms with E-state index in [1.807, 2.05) is 0 Å². The molecule has 0 aliphatic heterocycles. The van der Waals surface area contributed by atoms with Gasteiger partial charge in [0.05, 0.1) is 4.92 Å². The van der Waals surface area contributed by atoms with Gasteiger partial charge in [-0.05, 0) is 24.3 Å². The maximum atomic E-state index is 13.0. The Morgan fingerprint density at radius 3 is 2.36 bits per heavy atom. The Kier molecular flexibility index (Phi) is 4.29. The zero-order chi connectivity index (χ0) is 16.5. The number of hydrogen-bond donors (Lipinski definition) is 0. The Balaban J connectivity index is 2.48. The number of benzene rings is 2. The fourth-order valence-electron chi connectivity index (χ4n) is 1.54. The molecule has 0 heterocycles. The van der Waals surface area contributed by atoms with Gasteiger partial charge in [-0.25, -0.2) is 8.78 Å². The van der Waals surface area contributed by atoms with Crippen molar-refractivity contribution in [1.82, 2.24) is 0 Å². The average Bonchev–Trinajstić information content (AvgIpc) is 2.42. The molecule has 6 nitrogen and oxygen atoms in total. The van der Waals surface area contributed by atoms with Crippen molar-refractivity contribution in [2.45, 2.75) is 4.90 Å². The van der Waals surface area contributed by atoms with Gasteiger partial charge in [0.2, 0.25) is 0 Å². The third kappa shape index (κ3) is 3.31. The van der Waals surface area contributed by atoms with E-state index < -0.39 is 43.0 Å². The monoisotopic (exact) mass is 349 g/mol. The molecule has 0 saturated heterocycles. The maximum absolute atomic E-state index is 13.0. The van der Waals surface area contributed by atoms with Gasteiger partial charge in [0.15, 0.2) is 16.5 Å². The molecule has 116 valence electrons. The molecule has 0 amide bonds. The van der Waals surface area contributed by atoms with Crippen LogP contribution in [0.15, 0.2) is 41.3 Å². The SMILES string of the molecule is O=[N+]([O-])c1ccc(Cl)cc1S(=O)(=O)Oc1ccc(F)c(F)c1.